The number of amides is 2. The Morgan fingerprint density at radius 3 is 2.80 bits per heavy atom. The van der Waals surface area contributed by atoms with Gasteiger partial charge in [0.15, 0.2) is 0 Å². The van der Waals surface area contributed by atoms with E-state index < -0.39 is 29.6 Å². The first-order valence-corrected chi connectivity index (χ1v) is 8.88. The van der Waals surface area contributed by atoms with Crippen molar-refractivity contribution in [3.63, 3.8) is 0 Å². The number of benzene rings is 1. The smallest absolute Gasteiger partial charge is 0.305 e. The number of fused-ring (bicyclic) bond motifs is 1. The topological polar surface area (TPSA) is 89.7 Å². The number of hydrogen-bond acceptors (Lipinski definition) is 4. The summed E-state index contributed by atoms with van der Waals surface area (Å²) in [4.78, 5) is 37.2. The lowest BCUT2D eigenvalue weighted by atomic mass is 10.1. The molecule has 0 aliphatic carbocycles. The highest BCUT2D eigenvalue weighted by atomic mass is 79.9. The molecule has 0 saturated heterocycles. The van der Waals surface area contributed by atoms with E-state index in [9.17, 15) is 18.8 Å². The zero-order valence-corrected chi connectivity index (χ0v) is 15.5. The van der Waals surface area contributed by atoms with E-state index in [1.165, 1.54) is 17.0 Å². The molecule has 1 aromatic rings. The molecule has 0 bridgehead atoms. The Labute approximate surface area is 153 Å². The molecule has 0 unspecified atom stereocenters. The van der Waals surface area contributed by atoms with Gasteiger partial charge in [0.25, 0.3) is 5.91 Å². The van der Waals surface area contributed by atoms with Crippen molar-refractivity contribution < 1.29 is 23.5 Å². The van der Waals surface area contributed by atoms with Crippen molar-refractivity contribution in [3.8, 4) is 0 Å². The summed E-state index contributed by atoms with van der Waals surface area (Å²) in [5.41, 5.74) is 5.83. The van der Waals surface area contributed by atoms with Crippen molar-refractivity contribution >= 4 is 33.7 Å². The molecule has 0 radical (unpaired) electrons. The summed E-state index contributed by atoms with van der Waals surface area (Å²) in [6.07, 6.45) is 1.67. The van der Waals surface area contributed by atoms with E-state index in [2.05, 4.69) is 15.9 Å². The van der Waals surface area contributed by atoms with Crippen LogP contribution in [0.25, 0.3) is 0 Å². The van der Waals surface area contributed by atoms with Crippen LogP contribution >= 0.6 is 15.9 Å². The van der Waals surface area contributed by atoms with Crippen molar-refractivity contribution in [3.05, 3.63) is 33.5 Å². The molecule has 6 nitrogen and oxygen atoms in total. The number of nitrogens with zero attached hydrogens (tertiary/aromatic N) is 1. The number of nitrogens with two attached hydrogens (primary N) is 1. The Kier molecular flexibility index (Phi) is 6.52. The predicted octanol–water partition coefficient (Wildman–Crippen LogP) is 2.52. The van der Waals surface area contributed by atoms with E-state index in [-0.39, 0.29) is 35.0 Å². The first kappa shape index (κ1) is 19.4. The number of carbonyl (C=O) groups excluding carboxylic acids is 3. The van der Waals surface area contributed by atoms with Crippen LogP contribution in [0.4, 0.5) is 4.39 Å². The average molecular weight is 415 g/mol. The highest BCUT2D eigenvalue weighted by Crippen LogP contribution is 2.31. The maximum absolute atomic E-state index is 14.2. The van der Waals surface area contributed by atoms with Gasteiger partial charge in [-0.1, -0.05) is 13.3 Å². The van der Waals surface area contributed by atoms with Gasteiger partial charge in [0.05, 0.1) is 17.6 Å². The van der Waals surface area contributed by atoms with Gasteiger partial charge >= 0.3 is 5.97 Å². The highest BCUT2D eigenvalue weighted by molar-refractivity contribution is 9.10. The van der Waals surface area contributed by atoms with Crippen molar-refractivity contribution in [2.45, 2.75) is 45.2 Å². The van der Waals surface area contributed by atoms with Crippen molar-refractivity contribution in [1.82, 2.24) is 4.90 Å². The fourth-order valence-corrected chi connectivity index (χ4v) is 3.08. The van der Waals surface area contributed by atoms with Gasteiger partial charge in [-0.2, -0.15) is 0 Å². The number of hydrogen-bond donors (Lipinski definition) is 1. The molecule has 0 aromatic heterocycles. The van der Waals surface area contributed by atoms with Crippen LogP contribution < -0.4 is 5.73 Å². The minimum atomic E-state index is -0.989. The van der Waals surface area contributed by atoms with E-state index in [4.69, 9.17) is 10.5 Å². The highest BCUT2D eigenvalue weighted by Gasteiger charge is 2.37. The van der Waals surface area contributed by atoms with Crippen LogP contribution in [0.5, 0.6) is 0 Å². The van der Waals surface area contributed by atoms with Gasteiger partial charge in [-0.05, 0) is 40.9 Å². The quantitative estimate of drug-likeness (QED) is 0.522. The Bertz CT molecular complexity index is 695. The Balaban J connectivity index is 2.06. The Hall–Kier alpha value is -1.96. The minimum absolute atomic E-state index is 0.0381. The van der Waals surface area contributed by atoms with Crippen LogP contribution in [0, 0.1) is 5.82 Å². The number of halogens is 2. The van der Waals surface area contributed by atoms with E-state index in [1.54, 1.807) is 0 Å². The maximum Gasteiger partial charge on any atom is 0.305 e. The van der Waals surface area contributed by atoms with Gasteiger partial charge < -0.3 is 15.4 Å². The van der Waals surface area contributed by atoms with E-state index in [0.717, 1.165) is 12.8 Å². The summed E-state index contributed by atoms with van der Waals surface area (Å²) in [6, 6.07) is 1.96. The zero-order valence-electron chi connectivity index (χ0n) is 13.9. The van der Waals surface area contributed by atoms with E-state index >= 15 is 0 Å². The molecule has 0 fully saturated rings. The molecule has 1 aliphatic rings. The van der Waals surface area contributed by atoms with Crippen molar-refractivity contribution in [1.29, 1.82) is 0 Å². The monoisotopic (exact) mass is 414 g/mol. The average Bonchev–Trinajstić information content (AvgIpc) is 2.89. The molecule has 1 heterocycles. The number of carbonyl (C=O) groups is 3. The molecular formula is C17H20BrFN2O4. The first-order valence-electron chi connectivity index (χ1n) is 8.09. The third-order valence-corrected chi connectivity index (χ3v) is 4.72. The molecular weight excluding hydrogens is 395 g/mol. The van der Waals surface area contributed by atoms with Crippen molar-refractivity contribution in [2.24, 2.45) is 5.73 Å². The first-order chi connectivity index (χ1) is 11.9. The third-order valence-electron chi connectivity index (χ3n) is 4.10. The van der Waals surface area contributed by atoms with Crippen LogP contribution in [0.1, 0.15) is 48.5 Å². The lowest BCUT2D eigenvalue weighted by Crippen LogP contribution is -2.45. The summed E-state index contributed by atoms with van der Waals surface area (Å²) in [5, 5.41) is 0. The predicted molar refractivity (Wildman–Crippen MR) is 92.1 cm³/mol. The normalized spacial score (nSPS) is 14.4. The zero-order chi connectivity index (χ0) is 18.6. The summed E-state index contributed by atoms with van der Waals surface area (Å²) < 4.78 is 19.5. The molecule has 8 heteroatoms. The van der Waals surface area contributed by atoms with Crippen LogP contribution in [0.15, 0.2) is 16.6 Å². The molecule has 1 aromatic carbocycles. The number of rotatable bonds is 8. The third kappa shape index (κ3) is 4.36. The van der Waals surface area contributed by atoms with Gasteiger partial charge in [-0.25, -0.2) is 4.39 Å². The van der Waals surface area contributed by atoms with Crippen LogP contribution in [0.3, 0.4) is 0 Å². The van der Waals surface area contributed by atoms with Gasteiger partial charge in [0.2, 0.25) is 5.91 Å². The Morgan fingerprint density at radius 2 is 2.16 bits per heavy atom. The molecule has 1 atom stereocenters. The van der Waals surface area contributed by atoms with Crippen LogP contribution in [0.2, 0.25) is 0 Å². The van der Waals surface area contributed by atoms with E-state index in [0.29, 0.717) is 6.61 Å². The molecule has 2 rings (SSSR count). The summed E-state index contributed by atoms with van der Waals surface area (Å²) >= 11 is 3.08. The van der Waals surface area contributed by atoms with Crippen molar-refractivity contribution in [2.75, 3.05) is 6.61 Å². The molecule has 1 aliphatic heterocycles. The van der Waals surface area contributed by atoms with Gasteiger partial charge in [-0.15, -0.1) is 0 Å². The Morgan fingerprint density at radius 1 is 1.44 bits per heavy atom. The standard InChI is InChI=1S/C17H20BrFN2O4/c1-2-3-8-25-14(22)7-6-13(16(20)23)21-9-11-10(17(21)24)4-5-12(18)15(11)19/h4-5,13H,2-3,6-9H2,1H3,(H2,20,23)/t13-/m0/s1. The second-order valence-corrected chi connectivity index (χ2v) is 6.71. The van der Waals surface area contributed by atoms with Gasteiger partial charge in [0.1, 0.15) is 11.9 Å². The minimum Gasteiger partial charge on any atom is -0.466 e. The van der Waals surface area contributed by atoms with Crippen LogP contribution in [-0.4, -0.2) is 35.3 Å². The molecule has 0 spiro atoms. The second kappa shape index (κ2) is 8.42. The fraction of sp³-hybridized carbons (Fsp3) is 0.471. The fourth-order valence-electron chi connectivity index (χ4n) is 2.70. The number of esters is 1. The van der Waals surface area contributed by atoms with Gasteiger partial charge in [0, 0.05) is 17.5 Å². The number of ether oxygens (including phenoxy) is 1. The molecule has 0 saturated carbocycles. The molecule has 2 amide bonds. The maximum atomic E-state index is 14.2. The van der Waals surface area contributed by atoms with Gasteiger partial charge in [-0.3, -0.25) is 14.4 Å². The lowest BCUT2D eigenvalue weighted by Gasteiger charge is -2.24. The SMILES string of the molecule is CCCCOC(=O)CC[C@@H](C(N)=O)N1Cc2c(ccc(Br)c2F)C1=O. The number of primary amides is 1. The summed E-state index contributed by atoms with van der Waals surface area (Å²) in [6.45, 7) is 2.24. The largest absolute Gasteiger partial charge is 0.466 e. The lowest BCUT2D eigenvalue weighted by molar-refractivity contribution is -0.144. The summed E-state index contributed by atoms with van der Waals surface area (Å²) in [5.74, 6) is -2.18. The molecule has 136 valence electrons. The van der Waals surface area contributed by atoms with Crippen LogP contribution in [-0.2, 0) is 20.9 Å². The second-order valence-electron chi connectivity index (χ2n) is 5.85. The molecule has 25 heavy (non-hydrogen) atoms. The van der Waals surface area contributed by atoms with E-state index in [1.807, 2.05) is 6.92 Å². The summed E-state index contributed by atoms with van der Waals surface area (Å²) in [7, 11) is 0. The number of unbranched alkanes of at least 4 members (excludes halogenated alkanes) is 1. The molecule has 2 N–H and O–H groups in total.